The molecule has 20 heavy (non-hydrogen) atoms. The highest BCUT2D eigenvalue weighted by atomic mass is 32.1. The van der Waals surface area contributed by atoms with Crippen LogP contribution < -0.4 is 4.90 Å². The van der Waals surface area contributed by atoms with E-state index in [1.807, 2.05) is 44.4 Å². The molecule has 106 valence electrons. The molecular weight excluding hydrogens is 268 g/mol. The molecule has 0 fully saturated rings. The monoisotopic (exact) mass is 288 g/mol. The predicted octanol–water partition coefficient (Wildman–Crippen LogP) is 3.15. The second-order valence-electron chi connectivity index (χ2n) is 4.99. The van der Waals surface area contributed by atoms with Crippen molar-refractivity contribution in [3.8, 4) is 0 Å². The van der Waals surface area contributed by atoms with Crippen molar-refractivity contribution < 1.29 is 4.79 Å². The van der Waals surface area contributed by atoms with Crippen molar-refractivity contribution in [2.45, 2.75) is 13.5 Å². The summed E-state index contributed by atoms with van der Waals surface area (Å²) in [5, 5.41) is 2.09. The number of carbonyl (C=O) groups excluding carboxylic acids is 1. The van der Waals surface area contributed by atoms with Gasteiger partial charge in [0.25, 0.3) is 0 Å². The van der Waals surface area contributed by atoms with E-state index in [4.69, 9.17) is 0 Å². The fourth-order valence-corrected chi connectivity index (χ4v) is 2.98. The molecule has 0 radical (unpaired) electrons. The van der Waals surface area contributed by atoms with Crippen molar-refractivity contribution in [3.05, 3.63) is 52.2 Å². The zero-order chi connectivity index (χ0) is 14.5. The van der Waals surface area contributed by atoms with Gasteiger partial charge in [-0.05, 0) is 43.1 Å². The SMILES string of the molecule is Cc1ccsc1CN(C)CC(=O)N(C)c1ccccc1. The lowest BCUT2D eigenvalue weighted by Crippen LogP contribution is -2.36. The zero-order valence-electron chi connectivity index (χ0n) is 12.2. The van der Waals surface area contributed by atoms with Crippen LogP contribution in [0.3, 0.4) is 0 Å². The summed E-state index contributed by atoms with van der Waals surface area (Å²) >= 11 is 1.74. The van der Waals surface area contributed by atoms with Gasteiger partial charge in [0.15, 0.2) is 0 Å². The minimum absolute atomic E-state index is 0.105. The molecule has 4 heteroatoms. The number of amides is 1. The van der Waals surface area contributed by atoms with Gasteiger partial charge in [-0.15, -0.1) is 11.3 Å². The van der Waals surface area contributed by atoms with Crippen LogP contribution >= 0.6 is 11.3 Å². The van der Waals surface area contributed by atoms with Crippen molar-refractivity contribution in [1.29, 1.82) is 0 Å². The molecule has 0 saturated heterocycles. The number of benzene rings is 1. The van der Waals surface area contributed by atoms with Crippen LogP contribution in [-0.2, 0) is 11.3 Å². The van der Waals surface area contributed by atoms with Gasteiger partial charge in [-0.2, -0.15) is 0 Å². The van der Waals surface area contributed by atoms with E-state index in [0.29, 0.717) is 6.54 Å². The maximum absolute atomic E-state index is 12.3. The Hall–Kier alpha value is -1.65. The van der Waals surface area contributed by atoms with Gasteiger partial charge in [0, 0.05) is 24.2 Å². The molecule has 0 aliphatic carbocycles. The number of carbonyl (C=O) groups is 1. The Morgan fingerprint density at radius 2 is 1.85 bits per heavy atom. The van der Waals surface area contributed by atoms with E-state index in [9.17, 15) is 4.79 Å². The maximum atomic E-state index is 12.3. The summed E-state index contributed by atoms with van der Waals surface area (Å²) < 4.78 is 0. The second-order valence-corrected chi connectivity index (χ2v) is 5.99. The van der Waals surface area contributed by atoms with E-state index < -0.39 is 0 Å². The first kappa shape index (κ1) is 14.8. The Balaban J connectivity index is 1.92. The highest BCUT2D eigenvalue weighted by Crippen LogP contribution is 2.17. The molecule has 2 rings (SSSR count). The van der Waals surface area contributed by atoms with Gasteiger partial charge in [-0.25, -0.2) is 0 Å². The summed E-state index contributed by atoms with van der Waals surface area (Å²) in [6.07, 6.45) is 0. The van der Waals surface area contributed by atoms with Gasteiger partial charge in [-0.1, -0.05) is 18.2 Å². The molecule has 3 nitrogen and oxygen atoms in total. The molecule has 2 aromatic rings. The number of thiophene rings is 1. The minimum Gasteiger partial charge on any atom is -0.314 e. The first-order valence-electron chi connectivity index (χ1n) is 6.61. The van der Waals surface area contributed by atoms with Crippen LogP contribution in [0.4, 0.5) is 5.69 Å². The number of hydrogen-bond acceptors (Lipinski definition) is 3. The average molecular weight is 288 g/mol. The van der Waals surface area contributed by atoms with E-state index in [1.165, 1.54) is 10.4 Å². The Kier molecular flexibility index (Phi) is 4.93. The Labute approximate surface area is 124 Å². The molecule has 0 aliphatic heterocycles. The third-order valence-corrected chi connectivity index (χ3v) is 4.31. The number of aryl methyl sites for hydroxylation is 1. The smallest absolute Gasteiger partial charge is 0.240 e. The van der Waals surface area contributed by atoms with E-state index in [-0.39, 0.29) is 5.91 Å². The zero-order valence-corrected chi connectivity index (χ0v) is 13.0. The average Bonchev–Trinajstić information content (AvgIpc) is 2.84. The van der Waals surface area contributed by atoms with Crippen LogP contribution in [0.2, 0.25) is 0 Å². The molecule has 0 aliphatic rings. The van der Waals surface area contributed by atoms with Crippen LogP contribution in [-0.4, -0.2) is 31.4 Å². The summed E-state index contributed by atoms with van der Waals surface area (Å²) in [7, 11) is 3.80. The number of rotatable bonds is 5. The summed E-state index contributed by atoms with van der Waals surface area (Å²) in [5.41, 5.74) is 2.23. The molecule has 0 spiro atoms. The highest BCUT2D eigenvalue weighted by molar-refractivity contribution is 7.10. The lowest BCUT2D eigenvalue weighted by Gasteiger charge is -2.21. The summed E-state index contributed by atoms with van der Waals surface area (Å²) in [5.74, 6) is 0.105. The molecule has 1 heterocycles. The Morgan fingerprint density at radius 1 is 1.15 bits per heavy atom. The normalized spacial score (nSPS) is 10.8. The van der Waals surface area contributed by atoms with Crippen LogP contribution in [0.15, 0.2) is 41.8 Å². The first-order chi connectivity index (χ1) is 9.58. The maximum Gasteiger partial charge on any atom is 0.240 e. The van der Waals surface area contributed by atoms with Gasteiger partial charge in [-0.3, -0.25) is 9.69 Å². The number of likely N-dealkylation sites (N-methyl/N-ethyl adjacent to an activating group) is 2. The number of nitrogens with zero attached hydrogens (tertiary/aromatic N) is 2. The molecule has 0 bridgehead atoms. The van der Waals surface area contributed by atoms with Crippen LogP contribution in [0.5, 0.6) is 0 Å². The van der Waals surface area contributed by atoms with E-state index in [2.05, 4.69) is 23.3 Å². The van der Waals surface area contributed by atoms with Gasteiger partial charge >= 0.3 is 0 Å². The highest BCUT2D eigenvalue weighted by Gasteiger charge is 2.14. The molecule has 0 N–H and O–H groups in total. The molecular formula is C16H20N2OS. The predicted molar refractivity (Wildman–Crippen MR) is 85.2 cm³/mol. The number of anilines is 1. The van der Waals surface area contributed by atoms with Gasteiger partial charge in [0.2, 0.25) is 5.91 Å². The third-order valence-electron chi connectivity index (χ3n) is 3.30. The molecule has 0 unspecified atom stereocenters. The van der Waals surface area contributed by atoms with Crippen molar-refractivity contribution >= 4 is 22.9 Å². The van der Waals surface area contributed by atoms with Gasteiger partial charge < -0.3 is 4.90 Å². The molecule has 1 aromatic carbocycles. The van der Waals surface area contributed by atoms with Crippen LogP contribution in [0.1, 0.15) is 10.4 Å². The van der Waals surface area contributed by atoms with E-state index >= 15 is 0 Å². The minimum atomic E-state index is 0.105. The molecule has 1 aromatic heterocycles. The lowest BCUT2D eigenvalue weighted by atomic mass is 10.2. The molecule has 1 amide bonds. The van der Waals surface area contributed by atoms with Crippen LogP contribution in [0.25, 0.3) is 0 Å². The topological polar surface area (TPSA) is 23.6 Å². The summed E-state index contributed by atoms with van der Waals surface area (Å²) in [4.78, 5) is 17.3. The number of para-hydroxylation sites is 1. The van der Waals surface area contributed by atoms with Crippen LogP contribution in [0, 0.1) is 6.92 Å². The van der Waals surface area contributed by atoms with Crippen molar-refractivity contribution in [2.75, 3.05) is 25.5 Å². The van der Waals surface area contributed by atoms with Gasteiger partial charge in [0.05, 0.1) is 6.54 Å². The Morgan fingerprint density at radius 3 is 2.45 bits per heavy atom. The molecule has 0 saturated carbocycles. The van der Waals surface area contributed by atoms with Gasteiger partial charge in [0.1, 0.15) is 0 Å². The lowest BCUT2D eigenvalue weighted by molar-refractivity contribution is -0.119. The largest absolute Gasteiger partial charge is 0.314 e. The number of hydrogen-bond donors (Lipinski definition) is 0. The van der Waals surface area contributed by atoms with E-state index in [1.54, 1.807) is 16.2 Å². The summed E-state index contributed by atoms with van der Waals surface area (Å²) in [6.45, 7) is 3.35. The first-order valence-corrected chi connectivity index (χ1v) is 7.49. The van der Waals surface area contributed by atoms with Crippen molar-refractivity contribution in [1.82, 2.24) is 4.90 Å². The van der Waals surface area contributed by atoms with Crippen molar-refractivity contribution in [3.63, 3.8) is 0 Å². The quantitative estimate of drug-likeness (QED) is 0.844. The fourth-order valence-electron chi connectivity index (χ4n) is 2.00. The molecule has 0 atom stereocenters. The van der Waals surface area contributed by atoms with E-state index in [0.717, 1.165) is 12.2 Å². The van der Waals surface area contributed by atoms with Crippen molar-refractivity contribution in [2.24, 2.45) is 0 Å². The fraction of sp³-hybridized carbons (Fsp3) is 0.312. The summed E-state index contributed by atoms with van der Waals surface area (Å²) in [6, 6.07) is 11.8. The standard InChI is InChI=1S/C16H20N2OS/c1-13-9-10-20-15(13)11-17(2)12-16(19)18(3)14-7-5-4-6-8-14/h4-10H,11-12H2,1-3H3. The second kappa shape index (κ2) is 6.68. The third kappa shape index (κ3) is 3.68. The Bertz CT molecular complexity index is 565.